The molecule has 0 radical (unpaired) electrons. The number of anilines is 1. The lowest BCUT2D eigenvalue weighted by Gasteiger charge is -2.28. The number of amides is 2. The molecular formula is C26H27N3O3. The Kier molecular flexibility index (Phi) is 5.91. The number of likely N-dealkylation sites (tertiary alicyclic amines) is 1. The van der Waals surface area contributed by atoms with Crippen LogP contribution in [0.4, 0.5) is 10.5 Å². The van der Waals surface area contributed by atoms with Crippen LogP contribution in [0.1, 0.15) is 44.7 Å². The maximum Gasteiger partial charge on any atom is 0.410 e. The van der Waals surface area contributed by atoms with Crippen molar-refractivity contribution in [3.8, 4) is 11.8 Å². The topological polar surface area (TPSA) is 74.4 Å². The number of ether oxygens (including phenoxy) is 1. The summed E-state index contributed by atoms with van der Waals surface area (Å²) in [6.07, 6.45) is 2.86. The van der Waals surface area contributed by atoms with Crippen molar-refractivity contribution in [2.45, 2.75) is 45.3 Å². The fourth-order valence-electron chi connectivity index (χ4n) is 3.77. The van der Waals surface area contributed by atoms with Crippen LogP contribution in [-0.4, -0.2) is 40.1 Å². The number of H-pyrrole nitrogens is 1. The summed E-state index contributed by atoms with van der Waals surface area (Å²) >= 11 is 0. The second-order valence-electron chi connectivity index (χ2n) is 8.89. The van der Waals surface area contributed by atoms with Crippen molar-refractivity contribution in [2.75, 3.05) is 11.9 Å². The lowest BCUT2D eigenvalue weighted by molar-refractivity contribution is -0.120. The number of nitrogens with zero attached hydrogens (tertiary/aromatic N) is 1. The summed E-state index contributed by atoms with van der Waals surface area (Å²) in [6.45, 7) is 5.98. The number of aromatic amines is 1. The van der Waals surface area contributed by atoms with Gasteiger partial charge in [-0.15, -0.1) is 0 Å². The minimum atomic E-state index is -0.593. The van der Waals surface area contributed by atoms with E-state index in [1.807, 2.05) is 75.5 Å². The maximum atomic E-state index is 12.8. The quantitative estimate of drug-likeness (QED) is 0.569. The number of nitrogens with one attached hydrogen (secondary N) is 2. The number of aromatic nitrogens is 1. The van der Waals surface area contributed by atoms with Gasteiger partial charge in [0.25, 0.3) is 0 Å². The fourth-order valence-corrected chi connectivity index (χ4v) is 3.77. The molecule has 0 aliphatic carbocycles. The summed E-state index contributed by atoms with van der Waals surface area (Å²) < 4.78 is 5.44. The van der Waals surface area contributed by atoms with Gasteiger partial charge in [-0.2, -0.15) is 0 Å². The largest absolute Gasteiger partial charge is 0.444 e. The predicted molar refractivity (Wildman–Crippen MR) is 125 cm³/mol. The van der Waals surface area contributed by atoms with Crippen molar-refractivity contribution < 1.29 is 14.3 Å². The van der Waals surface area contributed by atoms with E-state index in [0.717, 1.165) is 28.5 Å². The first-order valence-corrected chi connectivity index (χ1v) is 10.8. The van der Waals surface area contributed by atoms with Crippen LogP contribution in [0.3, 0.4) is 0 Å². The van der Waals surface area contributed by atoms with Gasteiger partial charge in [-0.05, 0) is 76.1 Å². The van der Waals surface area contributed by atoms with Crippen LogP contribution >= 0.6 is 0 Å². The zero-order chi connectivity index (χ0) is 22.7. The van der Waals surface area contributed by atoms with Crippen LogP contribution in [0.2, 0.25) is 0 Å². The molecule has 1 aliphatic heterocycles. The molecule has 0 spiro atoms. The molecule has 6 heteroatoms. The van der Waals surface area contributed by atoms with E-state index < -0.39 is 17.7 Å². The molecule has 1 fully saturated rings. The van der Waals surface area contributed by atoms with Gasteiger partial charge < -0.3 is 15.0 Å². The molecular weight excluding hydrogens is 402 g/mol. The molecule has 164 valence electrons. The summed E-state index contributed by atoms with van der Waals surface area (Å²) in [6, 6.07) is 14.9. The van der Waals surface area contributed by atoms with Crippen LogP contribution in [0.5, 0.6) is 0 Å². The molecule has 32 heavy (non-hydrogen) atoms. The van der Waals surface area contributed by atoms with E-state index in [-0.39, 0.29) is 5.91 Å². The van der Waals surface area contributed by atoms with E-state index in [4.69, 9.17) is 4.74 Å². The molecule has 2 N–H and O–H groups in total. The SMILES string of the molecule is CC(C)(C)OC(=O)N1CCC[C@@H]1C(=O)Nc1ccc(C#Cc2cccc3[nH]ccc23)cc1. The second kappa shape index (κ2) is 8.80. The molecule has 3 aromatic rings. The highest BCUT2D eigenvalue weighted by atomic mass is 16.6. The van der Waals surface area contributed by atoms with Crippen LogP contribution in [-0.2, 0) is 9.53 Å². The Balaban J connectivity index is 1.41. The molecule has 0 saturated carbocycles. The maximum absolute atomic E-state index is 12.8. The number of benzene rings is 2. The van der Waals surface area contributed by atoms with E-state index >= 15 is 0 Å². The number of carbonyl (C=O) groups is 2. The first-order chi connectivity index (χ1) is 15.3. The number of rotatable bonds is 2. The molecule has 6 nitrogen and oxygen atoms in total. The highest BCUT2D eigenvalue weighted by Crippen LogP contribution is 2.22. The molecule has 2 amide bonds. The van der Waals surface area contributed by atoms with Crippen molar-refractivity contribution in [1.29, 1.82) is 0 Å². The van der Waals surface area contributed by atoms with E-state index in [1.165, 1.54) is 4.90 Å². The highest BCUT2D eigenvalue weighted by Gasteiger charge is 2.36. The number of hydrogen-bond acceptors (Lipinski definition) is 3. The Morgan fingerprint density at radius 3 is 2.62 bits per heavy atom. The third-order valence-corrected chi connectivity index (χ3v) is 5.27. The molecule has 2 heterocycles. The summed E-state index contributed by atoms with van der Waals surface area (Å²) in [5.74, 6) is 6.19. The number of fused-ring (bicyclic) bond motifs is 1. The Morgan fingerprint density at radius 2 is 1.88 bits per heavy atom. The molecule has 1 aliphatic rings. The monoisotopic (exact) mass is 429 g/mol. The number of hydrogen-bond donors (Lipinski definition) is 2. The third-order valence-electron chi connectivity index (χ3n) is 5.27. The Labute approximate surface area is 187 Å². The van der Waals surface area contributed by atoms with Crippen molar-refractivity contribution >= 4 is 28.6 Å². The van der Waals surface area contributed by atoms with Crippen molar-refractivity contribution in [3.05, 3.63) is 65.9 Å². The summed E-state index contributed by atoms with van der Waals surface area (Å²) in [5.41, 5.74) is 2.95. The first kappa shape index (κ1) is 21.5. The van der Waals surface area contributed by atoms with Crippen LogP contribution in [0, 0.1) is 11.8 Å². The van der Waals surface area contributed by atoms with Crippen LogP contribution < -0.4 is 5.32 Å². The highest BCUT2D eigenvalue weighted by molar-refractivity contribution is 5.97. The van der Waals surface area contributed by atoms with Crippen molar-refractivity contribution in [2.24, 2.45) is 0 Å². The lowest BCUT2D eigenvalue weighted by atomic mass is 10.1. The number of carbonyl (C=O) groups excluding carboxylic acids is 2. The first-order valence-electron chi connectivity index (χ1n) is 10.8. The van der Waals surface area contributed by atoms with Crippen molar-refractivity contribution in [3.63, 3.8) is 0 Å². The van der Waals surface area contributed by atoms with Gasteiger partial charge in [0.15, 0.2) is 0 Å². The Morgan fingerprint density at radius 1 is 1.09 bits per heavy atom. The van der Waals surface area contributed by atoms with Gasteiger partial charge in [0, 0.05) is 40.5 Å². The Hall–Kier alpha value is -3.72. The minimum absolute atomic E-state index is 0.202. The zero-order valence-corrected chi connectivity index (χ0v) is 18.6. The summed E-state index contributed by atoms with van der Waals surface area (Å²) in [5, 5.41) is 4.01. The predicted octanol–water partition coefficient (Wildman–Crippen LogP) is 4.91. The normalized spacial score (nSPS) is 15.8. The van der Waals surface area contributed by atoms with Gasteiger partial charge in [-0.1, -0.05) is 17.9 Å². The van der Waals surface area contributed by atoms with E-state index in [9.17, 15) is 9.59 Å². The molecule has 4 rings (SSSR count). The van der Waals surface area contributed by atoms with Gasteiger partial charge >= 0.3 is 6.09 Å². The molecule has 1 atom stereocenters. The molecule has 1 aromatic heterocycles. The second-order valence-corrected chi connectivity index (χ2v) is 8.89. The molecule has 2 aromatic carbocycles. The van der Waals surface area contributed by atoms with Gasteiger partial charge in [0.1, 0.15) is 11.6 Å². The molecule has 1 saturated heterocycles. The average Bonchev–Trinajstić information content (AvgIpc) is 3.42. The standard InChI is InChI=1S/C26H27N3O3/c1-26(2,3)32-25(31)29-17-5-8-23(29)24(30)28-20-13-10-18(11-14-20)9-12-19-6-4-7-22-21(19)15-16-27-22/h4,6-7,10-11,13-16,23,27H,5,8,17H2,1-3H3,(H,28,30)/t23-/m1/s1. The van der Waals surface area contributed by atoms with E-state index in [0.29, 0.717) is 18.7 Å². The lowest BCUT2D eigenvalue weighted by Crippen LogP contribution is -2.45. The van der Waals surface area contributed by atoms with Gasteiger partial charge in [-0.3, -0.25) is 9.69 Å². The molecule has 0 bridgehead atoms. The van der Waals surface area contributed by atoms with Gasteiger partial charge in [0.2, 0.25) is 5.91 Å². The van der Waals surface area contributed by atoms with E-state index in [1.54, 1.807) is 0 Å². The minimum Gasteiger partial charge on any atom is -0.444 e. The van der Waals surface area contributed by atoms with E-state index in [2.05, 4.69) is 22.1 Å². The zero-order valence-electron chi connectivity index (χ0n) is 18.6. The van der Waals surface area contributed by atoms with Gasteiger partial charge in [0.05, 0.1) is 0 Å². The van der Waals surface area contributed by atoms with Gasteiger partial charge in [-0.25, -0.2) is 4.79 Å². The average molecular weight is 430 g/mol. The Bertz CT molecular complexity index is 1190. The van der Waals surface area contributed by atoms with Crippen LogP contribution in [0.25, 0.3) is 10.9 Å². The van der Waals surface area contributed by atoms with Crippen LogP contribution in [0.15, 0.2) is 54.7 Å². The third kappa shape index (κ3) is 4.94. The molecule has 0 unspecified atom stereocenters. The smallest absolute Gasteiger partial charge is 0.410 e. The summed E-state index contributed by atoms with van der Waals surface area (Å²) in [4.78, 5) is 29.9. The summed E-state index contributed by atoms with van der Waals surface area (Å²) in [7, 11) is 0. The van der Waals surface area contributed by atoms with Crippen molar-refractivity contribution in [1.82, 2.24) is 9.88 Å². The fraction of sp³-hybridized carbons (Fsp3) is 0.308.